The average molecular weight is 732 g/mol. The van der Waals surface area contributed by atoms with Crippen LogP contribution in [0.3, 0.4) is 0 Å². The molecule has 0 amide bonds. The molecule has 266 valence electrons. The summed E-state index contributed by atoms with van der Waals surface area (Å²) in [6.07, 6.45) is 0. The number of rotatable bonds is 7. The molecule has 10 rings (SSSR count). The largest absolute Gasteiger partial charge is 0.456 e. The van der Waals surface area contributed by atoms with Crippen molar-refractivity contribution in [2.24, 2.45) is 0 Å². The number of furan rings is 1. The monoisotopic (exact) mass is 731 g/mol. The smallest absolute Gasteiger partial charge is 0.164 e. The molecule has 8 nitrogen and oxygen atoms in total. The van der Waals surface area contributed by atoms with E-state index in [2.05, 4.69) is 6.07 Å². The average Bonchev–Trinajstić information content (AvgIpc) is 3.68. The maximum atomic E-state index is 9.69. The summed E-state index contributed by atoms with van der Waals surface area (Å²) < 4.78 is 6.55. The van der Waals surface area contributed by atoms with Gasteiger partial charge in [-0.1, -0.05) is 152 Å². The number of hydrogen-bond donors (Lipinski definition) is 0. The van der Waals surface area contributed by atoms with E-state index in [1.165, 1.54) is 0 Å². The highest BCUT2D eigenvalue weighted by Gasteiger charge is 2.20. The molecule has 7 aromatic carbocycles. The normalized spacial score (nSPS) is 11.1. The van der Waals surface area contributed by atoms with Crippen molar-refractivity contribution in [3.63, 3.8) is 0 Å². The zero-order valence-electron chi connectivity index (χ0n) is 30.3. The van der Waals surface area contributed by atoms with Crippen LogP contribution in [0.2, 0.25) is 0 Å². The van der Waals surface area contributed by atoms with E-state index in [0.717, 1.165) is 55.3 Å². The minimum absolute atomic E-state index is 0.521. The van der Waals surface area contributed by atoms with Crippen LogP contribution in [-0.2, 0) is 0 Å². The SMILES string of the molecule is N#Cc1ccccc1-c1ccc(-c2nc(-c3ccccc3)nc(-c3cccc4oc5cc(-c6nc(-c7ccccc7)nc(-c7ccccc7)n6)ccc5c34)n2)cc1. The molecular weight excluding hydrogens is 703 g/mol. The fraction of sp³-hybridized carbons (Fsp3) is 0. The van der Waals surface area contributed by atoms with Crippen molar-refractivity contribution in [2.75, 3.05) is 0 Å². The Morgan fingerprint density at radius 1 is 0.351 bits per heavy atom. The lowest BCUT2D eigenvalue weighted by atomic mass is 9.99. The van der Waals surface area contributed by atoms with E-state index in [0.29, 0.717) is 51.7 Å². The van der Waals surface area contributed by atoms with Crippen molar-refractivity contribution in [2.45, 2.75) is 0 Å². The van der Waals surface area contributed by atoms with Gasteiger partial charge < -0.3 is 4.42 Å². The van der Waals surface area contributed by atoms with Gasteiger partial charge in [0.15, 0.2) is 34.9 Å². The van der Waals surface area contributed by atoms with Crippen LogP contribution < -0.4 is 0 Å². The molecule has 0 bridgehead atoms. The summed E-state index contributed by atoms with van der Waals surface area (Å²) >= 11 is 0. The van der Waals surface area contributed by atoms with Gasteiger partial charge in [0.1, 0.15) is 11.2 Å². The van der Waals surface area contributed by atoms with Crippen LogP contribution in [-0.4, -0.2) is 29.9 Å². The third kappa shape index (κ3) is 6.35. The Kier molecular flexibility index (Phi) is 8.36. The molecule has 0 unspecified atom stereocenters. The fourth-order valence-electron chi connectivity index (χ4n) is 7.06. The lowest BCUT2D eigenvalue weighted by Gasteiger charge is -2.10. The highest BCUT2D eigenvalue weighted by Crippen LogP contribution is 2.38. The van der Waals surface area contributed by atoms with Crippen molar-refractivity contribution in [1.29, 1.82) is 5.26 Å². The standard InChI is InChI=1S/C49H29N7O/c50-30-37-19-10-11-20-38(37)31-23-25-35(26-24-31)47-52-46(34-17-8-3-9-18-34)55-49(56-47)40-21-12-22-41-43(40)39-28-27-36(29-42(39)57-41)48-53-44(32-13-4-1-5-14-32)51-45(54-48)33-15-6-2-7-16-33/h1-29H. The quantitative estimate of drug-likeness (QED) is 0.159. The van der Waals surface area contributed by atoms with Crippen molar-refractivity contribution in [1.82, 2.24) is 29.9 Å². The Morgan fingerprint density at radius 2 is 0.789 bits per heavy atom. The Balaban J connectivity index is 1.10. The lowest BCUT2D eigenvalue weighted by Crippen LogP contribution is -2.00. The van der Waals surface area contributed by atoms with E-state index >= 15 is 0 Å². The highest BCUT2D eigenvalue weighted by atomic mass is 16.3. The van der Waals surface area contributed by atoms with Crippen molar-refractivity contribution in [3.05, 3.63) is 181 Å². The third-order valence-electron chi connectivity index (χ3n) is 9.86. The molecule has 0 saturated carbocycles. The Bertz CT molecular complexity index is 3060. The van der Waals surface area contributed by atoms with Gasteiger partial charge in [-0.25, -0.2) is 29.9 Å². The summed E-state index contributed by atoms with van der Waals surface area (Å²) in [7, 11) is 0. The zero-order chi connectivity index (χ0) is 38.1. The zero-order valence-corrected chi connectivity index (χ0v) is 30.3. The topological polar surface area (TPSA) is 114 Å². The van der Waals surface area contributed by atoms with E-state index < -0.39 is 0 Å². The van der Waals surface area contributed by atoms with Crippen LogP contribution in [0, 0.1) is 11.3 Å². The summed E-state index contributed by atoms with van der Waals surface area (Å²) in [6.45, 7) is 0. The molecule has 3 heterocycles. The summed E-state index contributed by atoms with van der Waals surface area (Å²) in [5.41, 5.74) is 8.94. The van der Waals surface area contributed by atoms with E-state index in [9.17, 15) is 5.26 Å². The first-order valence-corrected chi connectivity index (χ1v) is 18.4. The van der Waals surface area contributed by atoms with Gasteiger partial charge in [-0.3, -0.25) is 0 Å². The van der Waals surface area contributed by atoms with Gasteiger partial charge in [-0.2, -0.15) is 5.26 Å². The molecule has 0 aliphatic carbocycles. The first-order chi connectivity index (χ1) is 28.2. The van der Waals surface area contributed by atoms with E-state index in [1.54, 1.807) is 0 Å². The van der Waals surface area contributed by atoms with E-state index in [4.69, 9.17) is 34.3 Å². The number of benzene rings is 7. The van der Waals surface area contributed by atoms with Gasteiger partial charge in [-0.05, 0) is 35.4 Å². The summed E-state index contributed by atoms with van der Waals surface area (Å²) in [5.74, 6) is 3.33. The molecule has 8 heteroatoms. The predicted octanol–water partition coefficient (Wildman–Crippen LogP) is 11.5. The molecule has 57 heavy (non-hydrogen) atoms. The molecule has 0 N–H and O–H groups in total. The minimum Gasteiger partial charge on any atom is -0.456 e. The molecule has 3 aromatic heterocycles. The maximum Gasteiger partial charge on any atom is 0.164 e. The summed E-state index contributed by atoms with van der Waals surface area (Å²) in [5, 5.41) is 11.5. The molecule has 0 aliphatic rings. The fourth-order valence-corrected chi connectivity index (χ4v) is 7.06. The Labute approximate surface area is 327 Å². The Hall–Kier alpha value is -8.15. The second-order valence-corrected chi connectivity index (χ2v) is 13.4. The van der Waals surface area contributed by atoms with Crippen LogP contribution in [0.1, 0.15) is 5.56 Å². The van der Waals surface area contributed by atoms with Crippen LogP contribution in [0.15, 0.2) is 180 Å². The molecule has 10 aromatic rings. The molecule has 0 saturated heterocycles. The van der Waals surface area contributed by atoms with E-state index in [-0.39, 0.29) is 0 Å². The van der Waals surface area contributed by atoms with Gasteiger partial charge in [0.05, 0.1) is 11.6 Å². The van der Waals surface area contributed by atoms with Crippen LogP contribution in [0.4, 0.5) is 0 Å². The van der Waals surface area contributed by atoms with Gasteiger partial charge in [0, 0.05) is 44.2 Å². The molecule has 0 aliphatic heterocycles. The van der Waals surface area contributed by atoms with Crippen LogP contribution in [0.25, 0.3) is 101 Å². The van der Waals surface area contributed by atoms with Gasteiger partial charge >= 0.3 is 0 Å². The summed E-state index contributed by atoms with van der Waals surface area (Å²) in [4.78, 5) is 29.8. The Morgan fingerprint density at radius 3 is 1.35 bits per heavy atom. The number of fused-ring (bicyclic) bond motifs is 3. The van der Waals surface area contributed by atoms with Crippen molar-refractivity contribution < 1.29 is 4.42 Å². The summed E-state index contributed by atoms with van der Waals surface area (Å²) in [6, 6.07) is 59.6. The second-order valence-electron chi connectivity index (χ2n) is 13.4. The van der Waals surface area contributed by atoms with Gasteiger partial charge in [-0.15, -0.1) is 0 Å². The highest BCUT2D eigenvalue weighted by molar-refractivity contribution is 6.12. The molecule has 0 atom stereocenters. The third-order valence-corrected chi connectivity index (χ3v) is 9.86. The first-order valence-electron chi connectivity index (χ1n) is 18.4. The van der Waals surface area contributed by atoms with Crippen molar-refractivity contribution >= 4 is 21.9 Å². The van der Waals surface area contributed by atoms with Gasteiger partial charge in [0.2, 0.25) is 0 Å². The van der Waals surface area contributed by atoms with E-state index in [1.807, 2.05) is 176 Å². The van der Waals surface area contributed by atoms with Crippen molar-refractivity contribution in [3.8, 4) is 85.5 Å². The minimum atomic E-state index is 0.521. The molecular formula is C49H29N7O. The maximum absolute atomic E-state index is 9.69. The second kappa shape index (κ2) is 14.3. The number of nitrogens with zero attached hydrogens (tertiary/aromatic N) is 7. The van der Waals surface area contributed by atoms with Gasteiger partial charge in [0.25, 0.3) is 0 Å². The first kappa shape index (κ1) is 33.4. The predicted molar refractivity (Wildman–Crippen MR) is 223 cm³/mol. The molecule has 0 radical (unpaired) electrons. The number of aromatic nitrogens is 6. The molecule has 0 spiro atoms. The van der Waals surface area contributed by atoms with Crippen LogP contribution in [0.5, 0.6) is 0 Å². The lowest BCUT2D eigenvalue weighted by molar-refractivity contribution is 0.669. The number of nitriles is 1. The number of hydrogen-bond acceptors (Lipinski definition) is 8. The molecule has 0 fully saturated rings. The van der Waals surface area contributed by atoms with Crippen LogP contribution >= 0.6 is 0 Å².